The van der Waals surface area contributed by atoms with Crippen LogP contribution in [-0.2, 0) is 4.79 Å². The maximum absolute atomic E-state index is 12.5. The van der Waals surface area contributed by atoms with Crippen molar-refractivity contribution < 1.29 is 14.3 Å². The minimum atomic E-state index is -0.147. The van der Waals surface area contributed by atoms with Crippen LogP contribution in [0.15, 0.2) is 46.3 Å². The predicted octanol–water partition coefficient (Wildman–Crippen LogP) is 5.77. The number of rotatable bonds is 8. The average Bonchev–Trinajstić information content (AvgIpc) is 3.06. The number of aryl methyl sites for hydroxylation is 2. The zero-order chi connectivity index (χ0) is 21.5. The molecule has 0 unspecified atom stereocenters. The topological polar surface area (TPSA) is 59.9 Å². The SMILES string of the molecule is CCCCOc1ccc(/C=C2\SC(=Nc3c(C)cccc3C)NC2=O)cc1OCC. The molecule has 2 aromatic carbocycles. The van der Waals surface area contributed by atoms with Crippen LogP contribution in [0.5, 0.6) is 11.5 Å². The zero-order valence-electron chi connectivity index (χ0n) is 18.0. The van der Waals surface area contributed by atoms with Crippen LogP contribution in [0, 0.1) is 13.8 Å². The van der Waals surface area contributed by atoms with Crippen LogP contribution in [0.1, 0.15) is 43.4 Å². The van der Waals surface area contributed by atoms with Crippen molar-refractivity contribution in [1.82, 2.24) is 5.32 Å². The normalized spacial score (nSPS) is 16.2. The Morgan fingerprint density at radius 3 is 2.53 bits per heavy atom. The Balaban J connectivity index is 1.82. The molecular formula is C24H28N2O3S. The molecule has 30 heavy (non-hydrogen) atoms. The first-order chi connectivity index (χ1) is 14.5. The number of nitrogens with one attached hydrogen (secondary N) is 1. The van der Waals surface area contributed by atoms with E-state index in [0.29, 0.717) is 29.0 Å². The molecule has 0 aromatic heterocycles. The first-order valence-corrected chi connectivity index (χ1v) is 11.1. The highest BCUT2D eigenvalue weighted by Crippen LogP contribution is 2.33. The van der Waals surface area contributed by atoms with Crippen LogP contribution in [0.3, 0.4) is 0 Å². The summed E-state index contributed by atoms with van der Waals surface area (Å²) in [6, 6.07) is 11.8. The summed E-state index contributed by atoms with van der Waals surface area (Å²) in [6.07, 6.45) is 3.93. The number of unbranched alkanes of at least 4 members (excludes halogenated alkanes) is 1. The Morgan fingerprint density at radius 2 is 1.83 bits per heavy atom. The van der Waals surface area contributed by atoms with Gasteiger partial charge in [-0.25, -0.2) is 4.99 Å². The van der Waals surface area contributed by atoms with Gasteiger partial charge in [0, 0.05) is 0 Å². The van der Waals surface area contributed by atoms with Crippen molar-refractivity contribution in [2.75, 3.05) is 13.2 Å². The van der Waals surface area contributed by atoms with Crippen LogP contribution in [0.25, 0.3) is 6.08 Å². The van der Waals surface area contributed by atoms with E-state index < -0.39 is 0 Å². The summed E-state index contributed by atoms with van der Waals surface area (Å²) in [6.45, 7) is 9.31. The number of aliphatic imine (C=N–C) groups is 1. The molecule has 0 saturated carbocycles. The molecule has 3 rings (SSSR count). The third kappa shape index (κ3) is 5.45. The Morgan fingerprint density at radius 1 is 1.07 bits per heavy atom. The fraction of sp³-hybridized carbons (Fsp3) is 0.333. The van der Waals surface area contributed by atoms with Crippen LogP contribution in [0.2, 0.25) is 0 Å². The summed E-state index contributed by atoms with van der Waals surface area (Å²) in [5.41, 5.74) is 3.94. The van der Waals surface area contributed by atoms with Crippen molar-refractivity contribution in [2.45, 2.75) is 40.5 Å². The smallest absolute Gasteiger partial charge is 0.264 e. The van der Waals surface area contributed by atoms with E-state index in [1.165, 1.54) is 11.8 Å². The lowest BCUT2D eigenvalue weighted by atomic mass is 10.1. The maximum Gasteiger partial charge on any atom is 0.264 e. The fourth-order valence-corrected chi connectivity index (χ4v) is 3.87. The largest absolute Gasteiger partial charge is 0.490 e. The molecule has 1 amide bonds. The molecular weight excluding hydrogens is 396 g/mol. The number of carbonyl (C=O) groups is 1. The van der Waals surface area contributed by atoms with E-state index in [1.54, 1.807) is 0 Å². The lowest BCUT2D eigenvalue weighted by molar-refractivity contribution is -0.115. The van der Waals surface area contributed by atoms with Crippen LogP contribution < -0.4 is 14.8 Å². The molecule has 0 aliphatic carbocycles. The van der Waals surface area contributed by atoms with E-state index >= 15 is 0 Å². The second-order valence-corrected chi connectivity index (χ2v) is 8.09. The number of carbonyl (C=O) groups excluding carboxylic acids is 1. The van der Waals surface area contributed by atoms with Gasteiger partial charge in [0.2, 0.25) is 0 Å². The van der Waals surface area contributed by atoms with Gasteiger partial charge in [-0.1, -0.05) is 37.6 Å². The fourth-order valence-electron chi connectivity index (χ4n) is 3.04. The van der Waals surface area contributed by atoms with Gasteiger partial charge in [-0.05, 0) is 73.9 Å². The second kappa shape index (κ2) is 10.3. The van der Waals surface area contributed by atoms with Crippen molar-refractivity contribution in [3.63, 3.8) is 0 Å². The molecule has 1 aliphatic rings. The molecule has 1 saturated heterocycles. The molecule has 0 radical (unpaired) electrons. The minimum Gasteiger partial charge on any atom is -0.490 e. The molecule has 0 atom stereocenters. The lowest BCUT2D eigenvalue weighted by Gasteiger charge is -2.12. The molecule has 1 fully saturated rings. The first-order valence-electron chi connectivity index (χ1n) is 10.3. The third-order valence-corrected chi connectivity index (χ3v) is 5.53. The van der Waals surface area contributed by atoms with Crippen molar-refractivity contribution in [3.8, 4) is 11.5 Å². The summed E-state index contributed by atoms with van der Waals surface area (Å²) in [7, 11) is 0. The lowest BCUT2D eigenvalue weighted by Crippen LogP contribution is -2.19. The number of hydrogen-bond donors (Lipinski definition) is 1. The van der Waals surface area contributed by atoms with E-state index in [2.05, 4.69) is 17.2 Å². The van der Waals surface area contributed by atoms with Gasteiger partial charge < -0.3 is 14.8 Å². The first kappa shape index (κ1) is 22.0. The van der Waals surface area contributed by atoms with Gasteiger partial charge in [-0.3, -0.25) is 4.79 Å². The summed E-state index contributed by atoms with van der Waals surface area (Å²) in [4.78, 5) is 17.7. The van der Waals surface area contributed by atoms with Crippen LogP contribution >= 0.6 is 11.8 Å². The number of hydrogen-bond acceptors (Lipinski definition) is 5. The number of nitrogens with zero attached hydrogens (tertiary/aromatic N) is 1. The molecule has 2 aromatic rings. The second-order valence-electron chi connectivity index (χ2n) is 7.06. The van der Waals surface area contributed by atoms with Crippen molar-refractivity contribution in [1.29, 1.82) is 0 Å². The number of amidine groups is 1. The van der Waals surface area contributed by atoms with Gasteiger partial charge in [-0.2, -0.15) is 0 Å². The number of para-hydroxylation sites is 1. The highest BCUT2D eigenvalue weighted by molar-refractivity contribution is 8.18. The van der Waals surface area contributed by atoms with Crippen molar-refractivity contribution >= 4 is 34.6 Å². The van der Waals surface area contributed by atoms with E-state index in [4.69, 9.17) is 9.47 Å². The molecule has 6 heteroatoms. The quantitative estimate of drug-likeness (QED) is 0.431. The van der Waals surface area contributed by atoms with Gasteiger partial charge in [-0.15, -0.1) is 0 Å². The molecule has 1 heterocycles. The molecule has 0 spiro atoms. The van der Waals surface area contributed by atoms with E-state index in [0.717, 1.165) is 41.0 Å². The number of thioether (sulfide) groups is 1. The highest BCUT2D eigenvalue weighted by Gasteiger charge is 2.24. The van der Waals surface area contributed by atoms with E-state index in [1.807, 2.05) is 63.2 Å². The Hall–Kier alpha value is -2.73. The molecule has 158 valence electrons. The Kier molecular flexibility index (Phi) is 7.57. The zero-order valence-corrected chi connectivity index (χ0v) is 18.8. The van der Waals surface area contributed by atoms with Gasteiger partial charge in [0.15, 0.2) is 16.7 Å². The number of ether oxygens (including phenoxy) is 2. The number of amides is 1. The summed E-state index contributed by atoms with van der Waals surface area (Å²) < 4.78 is 11.6. The van der Waals surface area contributed by atoms with E-state index in [-0.39, 0.29) is 5.91 Å². The van der Waals surface area contributed by atoms with Crippen LogP contribution in [0.4, 0.5) is 5.69 Å². The monoisotopic (exact) mass is 424 g/mol. The average molecular weight is 425 g/mol. The van der Waals surface area contributed by atoms with Gasteiger partial charge in [0.05, 0.1) is 23.8 Å². The summed E-state index contributed by atoms with van der Waals surface area (Å²) >= 11 is 1.34. The maximum atomic E-state index is 12.5. The Bertz CT molecular complexity index is 962. The third-order valence-electron chi connectivity index (χ3n) is 4.62. The van der Waals surface area contributed by atoms with Crippen molar-refractivity contribution in [3.05, 3.63) is 58.0 Å². The summed E-state index contributed by atoms with van der Waals surface area (Å²) in [5, 5.41) is 3.45. The Labute approximate surface area is 182 Å². The standard InChI is InChI=1S/C24H28N2O3S/c1-5-7-13-29-19-12-11-18(14-20(19)28-6-2)15-21-23(27)26-24(30-21)25-22-16(3)9-8-10-17(22)4/h8-12,14-15H,5-7,13H2,1-4H3,(H,25,26,27)/b21-15-. The van der Waals surface area contributed by atoms with Gasteiger partial charge in [0.25, 0.3) is 5.91 Å². The molecule has 5 nitrogen and oxygen atoms in total. The molecule has 1 aliphatic heterocycles. The van der Waals surface area contributed by atoms with E-state index in [9.17, 15) is 4.79 Å². The summed E-state index contributed by atoms with van der Waals surface area (Å²) in [5.74, 6) is 1.27. The minimum absolute atomic E-state index is 0.147. The van der Waals surface area contributed by atoms with Crippen LogP contribution in [-0.4, -0.2) is 24.3 Å². The van der Waals surface area contributed by atoms with Crippen molar-refractivity contribution in [2.24, 2.45) is 4.99 Å². The number of benzene rings is 2. The van der Waals surface area contributed by atoms with Gasteiger partial charge >= 0.3 is 0 Å². The van der Waals surface area contributed by atoms with Gasteiger partial charge in [0.1, 0.15) is 0 Å². The molecule has 0 bridgehead atoms. The predicted molar refractivity (Wildman–Crippen MR) is 125 cm³/mol. The molecule has 1 N–H and O–H groups in total. The highest BCUT2D eigenvalue weighted by atomic mass is 32.2.